The molecule has 0 saturated heterocycles. The molecular formula is C16H32N2O. The summed E-state index contributed by atoms with van der Waals surface area (Å²) in [5.74, 6) is 0.988. The first-order chi connectivity index (χ1) is 9.12. The second kappa shape index (κ2) is 8.57. The van der Waals surface area contributed by atoms with Crippen LogP contribution in [0.15, 0.2) is 0 Å². The molecule has 1 rings (SSSR count). The molecule has 0 aliphatic heterocycles. The second-order valence-electron chi connectivity index (χ2n) is 6.38. The Hall–Kier alpha value is -0.570. The summed E-state index contributed by atoms with van der Waals surface area (Å²) in [4.78, 5) is 12.0. The number of rotatable bonds is 8. The van der Waals surface area contributed by atoms with Crippen molar-refractivity contribution in [3.63, 3.8) is 0 Å². The van der Waals surface area contributed by atoms with E-state index in [-0.39, 0.29) is 11.4 Å². The van der Waals surface area contributed by atoms with Crippen molar-refractivity contribution in [3.8, 4) is 0 Å². The van der Waals surface area contributed by atoms with Gasteiger partial charge < -0.3 is 11.1 Å². The van der Waals surface area contributed by atoms with Gasteiger partial charge in [0, 0.05) is 13.0 Å². The fraction of sp³-hybridized carbons (Fsp3) is 0.938. The molecule has 0 aromatic carbocycles. The number of carbonyl (C=O) groups excluding carboxylic acids is 1. The van der Waals surface area contributed by atoms with Crippen LogP contribution in [0.25, 0.3) is 0 Å². The van der Waals surface area contributed by atoms with Crippen molar-refractivity contribution < 1.29 is 4.79 Å². The van der Waals surface area contributed by atoms with Crippen LogP contribution in [0.2, 0.25) is 0 Å². The van der Waals surface area contributed by atoms with Crippen molar-refractivity contribution in [2.75, 3.05) is 6.54 Å². The summed E-state index contributed by atoms with van der Waals surface area (Å²) in [7, 11) is 0. The van der Waals surface area contributed by atoms with Crippen molar-refractivity contribution in [3.05, 3.63) is 0 Å². The maximum atomic E-state index is 12.0. The van der Waals surface area contributed by atoms with E-state index in [0.717, 1.165) is 25.2 Å². The van der Waals surface area contributed by atoms with E-state index in [9.17, 15) is 4.79 Å². The summed E-state index contributed by atoms with van der Waals surface area (Å²) in [5.41, 5.74) is 5.81. The minimum atomic E-state index is -0.104. The predicted octanol–water partition coefficient (Wildman–Crippen LogP) is 3.37. The van der Waals surface area contributed by atoms with Crippen LogP contribution in [0.4, 0.5) is 0 Å². The molecule has 1 aliphatic carbocycles. The third-order valence-corrected chi connectivity index (χ3v) is 4.53. The highest BCUT2D eigenvalue weighted by atomic mass is 16.1. The van der Waals surface area contributed by atoms with Gasteiger partial charge in [0.2, 0.25) is 5.91 Å². The first kappa shape index (κ1) is 16.5. The van der Waals surface area contributed by atoms with E-state index in [1.165, 1.54) is 38.5 Å². The van der Waals surface area contributed by atoms with Gasteiger partial charge in [-0.2, -0.15) is 0 Å². The molecule has 0 unspecified atom stereocenters. The summed E-state index contributed by atoms with van der Waals surface area (Å²) in [6.45, 7) is 5.08. The Labute approximate surface area is 118 Å². The Morgan fingerprint density at radius 2 is 1.84 bits per heavy atom. The molecule has 3 nitrogen and oxygen atoms in total. The Morgan fingerprint density at radius 3 is 2.42 bits per heavy atom. The van der Waals surface area contributed by atoms with Crippen LogP contribution in [0.3, 0.4) is 0 Å². The van der Waals surface area contributed by atoms with Gasteiger partial charge in [0.25, 0.3) is 0 Å². The monoisotopic (exact) mass is 268 g/mol. The minimum absolute atomic E-state index is 0.104. The average molecular weight is 268 g/mol. The normalized spacial score (nSPS) is 27.2. The Morgan fingerprint density at radius 1 is 1.21 bits per heavy atom. The molecule has 0 aromatic rings. The highest BCUT2D eigenvalue weighted by molar-refractivity contribution is 5.76. The van der Waals surface area contributed by atoms with E-state index >= 15 is 0 Å². The molecule has 0 aromatic heterocycles. The molecule has 0 heterocycles. The van der Waals surface area contributed by atoms with Crippen LogP contribution in [-0.2, 0) is 4.79 Å². The lowest BCUT2D eigenvalue weighted by Crippen LogP contribution is -2.55. The SMILES string of the molecule is CCCCCCCC(=O)NC1(CN)CCC(C)CC1. The van der Waals surface area contributed by atoms with Gasteiger partial charge in [0.05, 0.1) is 5.54 Å². The van der Waals surface area contributed by atoms with Crippen molar-refractivity contribution in [2.45, 2.75) is 83.6 Å². The molecule has 3 heteroatoms. The van der Waals surface area contributed by atoms with Crippen molar-refractivity contribution in [2.24, 2.45) is 11.7 Å². The zero-order chi connectivity index (χ0) is 14.1. The van der Waals surface area contributed by atoms with Crippen molar-refractivity contribution in [1.82, 2.24) is 5.32 Å². The second-order valence-corrected chi connectivity index (χ2v) is 6.38. The van der Waals surface area contributed by atoms with Gasteiger partial charge >= 0.3 is 0 Å². The van der Waals surface area contributed by atoms with Crippen molar-refractivity contribution >= 4 is 5.91 Å². The summed E-state index contributed by atoms with van der Waals surface area (Å²) >= 11 is 0. The average Bonchev–Trinajstić information content (AvgIpc) is 2.41. The third-order valence-electron chi connectivity index (χ3n) is 4.53. The van der Waals surface area contributed by atoms with Crippen LogP contribution in [0.1, 0.15) is 78.1 Å². The molecule has 1 saturated carbocycles. The van der Waals surface area contributed by atoms with E-state index in [1.54, 1.807) is 0 Å². The van der Waals surface area contributed by atoms with Gasteiger partial charge in [-0.3, -0.25) is 4.79 Å². The largest absolute Gasteiger partial charge is 0.349 e. The zero-order valence-corrected chi connectivity index (χ0v) is 12.8. The van der Waals surface area contributed by atoms with Gasteiger partial charge in [0.1, 0.15) is 0 Å². The number of unbranched alkanes of at least 4 members (excludes halogenated alkanes) is 4. The maximum Gasteiger partial charge on any atom is 0.220 e. The number of amides is 1. The van der Waals surface area contributed by atoms with Gasteiger partial charge in [-0.15, -0.1) is 0 Å². The number of nitrogens with one attached hydrogen (secondary N) is 1. The van der Waals surface area contributed by atoms with Crippen LogP contribution < -0.4 is 11.1 Å². The number of hydrogen-bond acceptors (Lipinski definition) is 2. The molecule has 0 spiro atoms. The lowest BCUT2D eigenvalue weighted by atomic mass is 9.77. The lowest BCUT2D eigenvalue weighted by Gasteiger charge is -2.39. The quantitative estimate of drug-likeness (QED) is 0.663. The summed E-state index contributed by atoms with van der Waals surface area (Å²) in [6.07, 6.45) is 11.1. The molecular weight excluding hydrogens is 236 g/mol. The first-order valence-electron chi connectivity index (χ1n) is 8.13. The Bertz CT molecular complexity index is 257. The number of nitrogens with two attached hydrogens (primary N) is 1. The molecule has 0 radical (unpaired) electrons. The van der Waals surface area contributed by atoms with E-state index in [0.29, 0.717) is 13.0 Å². The minimum Gasteiger partial charge on any atom is -0.349 e. The standard InChI is InChI=1S/C16H32N2O/c1-3-4-5-6-7-8-15(19)18-16(13-17)11-9-14(2)10-12-16/h14H,3-13,17H2,1-2H3,(H,18,19). The molecule has 1 fully saturated rings. The van der Waals surface area contributed by atoms with E-state index in [1.807, 2.05) is 0 Å². The van der Waals surface area contributed by atoms with Crippen molar-refractivity contribution in [1.29, 1.82) is 0 Å². The van der Waals surface area contributed by atoms with E-state index in [4.69, 9.17) is 5.73 Å². The van der Waals surface area contributed by atoms with Gasteiger partial charge in [-0.25, -0.2) is 0 Å². The number of hydrogen-bond donors (Lipinski definition) is 2. The lowest BCUT2D eigenvalue weighted by molar-refractivity contribution is -0.123. The van der Waals surface area contributed by atoms with Gasteiger partial charge in [-0.05, 0) is 38.0 Å². The predicted molar refractivity (Wildman–Crippen MR) is 80.9 cm³/mol. The Kier molecular flexibility index (Phi) is 7.44. The van der Waals surface area contributed by atoms with E-state index in [2.05, 4.69) is 19.2 Å². The number of carbonyl (C=O) groups is 1. The van der Waals surface area contributed by atoms with Crippen LogP contribution in [-0.4, -0.2) is 18.0 Å². The molecule has 0 atom stereocenters. The third kappa shape index (κ3) is 5.94. The fourth-order valence-electron chi connectivity index (χ4n) is 2.94. The molecule has 3 N–H and O–H groups in total. The molecule has 112 valence electrons. The summed E-state index contributed by atoms with van der Waals surface area (Å²) < 4.78 is 0. The summed E-state index contributed by atoms with van der Waals surface area (Å²) in [5, 5.41) is 3.23. The molecule has 1 amide bonds. The smallest absolute Gasteiger partial charge is 0.220 e. The van der Waals surface area contributed by atoms with Gasteiger partial charge in [-0.1, -0.05) is 39.5 Å². The fourth-order valence-corrected chi connectivity index (χ4v) is 2.94. The topological polar surface area (TPSA) is 55.1 Å². The Balaban J connectivity index is 2.25. The van der Waals surface area contributed by atoms with Crippen LogP contribution in [0, 0.1) is 5.92 Å². The molecule has 1 aliphatic rings. The highest BCUT2D eigenvalue weighted by Gasteiger charge is 2.33. The van der Waals surface area contributed by atoms with E-state index < -0.39 is 0 Å². The molecule has 0 bridgehead atoms. The molecule has 19 heavy (non-hydrogen) atoms. The van der Waals surface area contributed by atoms with Crippen LogP contribution >= 0.6 is 0 Å². The summed E-state index contributed by atoms with van der Waals surface area (Å²) in [6, 6.07) is 0. The van der Waals surface area contributed by atoms with Crippen LogP contribution in [0.5, 0.6) is 0 Å². The zero-order valence-electron chi connectivity index (χ0n) is 12.8. The first-order valence-corrected chi connectivity index (χ1v) is 8.13. The highest BCUT2D eigenvalue weighted by Crippen LogP contribution is 2.31. The van der Waals surface area contributed by atoms with Gasteiger partial charge in [0.15, 0.2) is 0 Å². The maximum absolute atomic E-state index is 12.0.